The van der Waals surface area contributed by atoms with E-state index < -0.39 is 17.7 Å². The summed E-state index contributed by atoms with van der Waals surface area (Å²) in [5.41, 5.74) is 0.0503. The van der Waals surface area contributed by atoms with Gasteiger partial charge in [-0.1, -0.05) is 17.3 Å². The molecule has 0 fully saturated rings. The van der Waals surface area contributed by atoms with Gasteiger partial charge in [0.2, 0.25) is 0 Å². The van der Waals surface area contributed by atoms with Crippen LogP contribution in [-0.2, 0) is 11.4 Å². The van der Waals surface area contributed by atoms with E-state index in [2.05, 4.69) is 5.16 Å². The molecular weight excluding hydrogens is 319 g/mol. The quantitative estimate of drug-likeness (QED) is 0.795. The Morgan fingerprint density at radius 2 is 2.12 bits per heavy atom. The number of hydrogen-bond acceptors (Lipinski definition) is 5. The Bertz CT molecular complexity index is 716. The summed E-state index contributed by atoms with van der Waals surface area (Å²) in [6.45, 7) is 2.09. The summed E-state index contributed by atoms with van der Waals surface area (Å²) in [5.74, 6) is -1.59. The van der Waals surface area contributed by atoms with Crippen LogP contribution in [0, 0.1) is 5.82 Å². The Hall–Kier alpha value is -2.90. The van der Waals surface area contributed by atoms with Crippen LogP contribution in [0.4, 0.5) is 4.39 Å². The predicted octanol–water partition coefficient (Wildman–Crippen LogP) is 2.33. The van der Waals surface area contributed by atoms with Crippen molar-refractivity contribution < 1.29 is 28.3 Å². The van der Waals surface area contributed by atoms with Crippen LogP contribution in [0.1, 0.15) is 29.6 Å². The predicted molar refractivity (Wildman–Crippen MR) is 81.1 cm³/mol. The van der Waals surface area contributed by atoms with Crippen molar-refractivity contribution in [3.05, 3.63) is 47.6 Å². The van der Waals surface area contributed by atoms with Crippen LogP contribution in [0.2, 0.25) is 0 Å². The number of carbonyl (C=O) groups is 2. The molecule has 24 heavy (non-hydrogen) atoms. The standard InChI is InChI=1S/C16H17FN2O5/c1-2-19(8-7-15(20)21)16(22)13-9-11(24-18-13)10-23-14-6-4-3-5-12(14)17/h3-6,9H,2,7-8,10H2,1H3,(H,20,21). The van der Waals surface area contributed by atoms with Gasteiger partial charge in [-0.2, -0.15) is 0 Å². The number of amides is 1. The lowest BCUT2D eigenvalue weighted by Crippen LogP contribution is -2.33. The fourth-order valence-corrected chi connectivity index (χ4v) is 1.99. The highest BCUT2D eigenvalue weighted by Gasteiger charge is 2.19. The number of aromatic nitrogens is 1. The van der Waals surface area contributed by atoms with Crippen LogP contribution < -0.4 is 4.74 Å². The smallest absolute Gasteiger partial charge is 0.305 e. The van der Waals surface area contributed by atoms with Gasteiger partial charge in [0.15, 0.2) is 23.0 Å². The molecule has 0 radical (unpaired) electrons. The second-order valence-electron chi connectivity index (χ2n) is 4.93. The van der Waals surface area contributed by atoms with E-state index in [-0.39, 0.29) is 36.8 Å². The van der Waals surface area contributed by atoms with E-state index in [0.29, 0.717) is 6.54 Å². The first kappa shape index (κ1) is 17.5. The van der Waals surface area contributed by atoms with Crippen molar-refractivity contribution in [1.29, 1.82) is 0 Å². The van der Waals surface area contributed by atoms with Gasteiger partial charge < -0.3 is 19.3 Å². The van der Waals surface area contributed by atoms with E-state index in [1.807, 2.05) is 0 Å². The maximum absolute atomic E-state index is 13.4. The lowest BCUT2D eigenvalue weighted by atomic mass is 10.3. The Balaban J connectivity index is 1.97. The number of rotatable bonds is 8. The molecule has 0 unspecified atom stereocenters. The Labute approximate surface area is 137 Å². The van der Waals surface area contributed by atoms with Crippen LogP contribution in [0.5, 0.6) is 5.75 Å². The van der Waals surface area contributed by atoms with Crippen molar-refractivity contribution in [1.82, 2.24) is 10.1 Å². The molecule has 8 heteroatoms. The minimum atomic E-state index is -0.986. The van der Waals surface area contributed by atoms with Crippen molar-refractivity contribution in [2.75, 3.05) is 13.1 Å². The van der Waals surface area contributed by atoms with Gasteiger partial charge in [-0.05, 0) is 19.1 Å². The third kappa shape index (κ3) is 4.55. The molecule has 2 aromatic rings. The SMILES string of the molecule is CCN(CCC(=O)O)C(=O)c1cc(COc2ccccc2F)on1. The Morgan fingerprint density at radius 3 is 2.79 bits per heavy atom. The molecule has 1 aromatic carbocycles. The third-order valence-electron chi connectivity index (χ3n) is 3.25. The normalized spacial score (nSPS) is 10.4. The summed E-state index contributed by atoms with van der Waals surface area (Å²) < 4.78 is 23.7. The highest BCUT2D eigenvalue weighted by molar-refractivity contribution is 5.92. The molecule has 0 saturated heterocycles. The van der Waals surface area contributed by atoms with Crippen LogP contribution >= 0.6 is 0 Å². The average Bonchev–Trinajstić information content (AvgIpc) is 3.03. The monoisotopic (exact) mass is 336 g/mol. The molecule has 0 spiro atoms. The number of ether oxygens (including phenoxy) is 1. The zero-order valence-electron chi connectivity index (χ0n) is 13.1. The molecule has 1 N–H and O–H groups in total. The van der Waals surface area contributed by atoms with Crippen LogP contribution in [-0.4, -0.2) is 40.1 Å². The Morgan fingerprint density at radius 1 is 1.38 bits per heavy atom. The zero-order chi connectivity index (χ0) is 17.5. The summed E-state index contributed by atoms with van der Waals surface area (Å²) in [4.78, 5) is 24.2. The molecule has 0 aliphatic rings. The fraction of sp³-hybridized carbons (Fsp3) is 0.312. The first-order chi connectivity index (χ1) is 11.5. The highest BCUT2D eigenvalue weighted by Crippen LogP contribution is 2.17. The van der Waals surface area contributed by atoms with Crippen molar-refractivity contribution in [2.24, 2.45) is 0 Å². The minimum Gasteiger partial charge on any atom is -0.482 e. The zero-order valence-corrected chi connectivity index (χ0v) is 13.1. The molecule has 0 aliphatic carbocycles. The van der Waals surface area contributed by atoms with Gasteiger partial charge in [0.25, 0.3) is 5.91 Å². The first-order valence-electron chi connectivity index (χ1n) is 7.35. The van der Waals surface area contributed by atoms with Crippen LogP contribution in [0.3, 0.4) is 0 Å². The molecular formula is C16H17FN2O5. The van der Waals surface area contributed by atoms with Gasteiger partial charge in [-0.25, -0.2) is 4.39 Å². The molecule has 0 aliphatic heterocycles. The summed E-state index contributed by atoms with van der Waals surface area (Å²) in [5, 5.41) is 12.4. The summed E-state index contributed by atoms with van der Waals surface area (Å²) in [7, 11) is 0. The molecule has 0 saturated carbocycles. The number of halogens is 1. The molecule has 1 amide bonds. The number of carboxylic acid groups (broad SMARTS) is 1. The van der Waals surface area contributed by atoms with Crippen LogP contribution in [0.25, 0.3) is 0 Å². The number of benzene rings is 1. The molecule has 2 rings (SSSR count). The number of carbonyl (C=O) groups excluding carboxylic acids is 1. The maximum Gasteiger partial charge on any atom is 0.305 e. The van der Waals surface area contributed by atoms with Gasteiger partial charge in [-0.15, -0.1) is 0 Å². The van der Waals surface area contributed by atoms with Crippen molar-refractivity contribution >= 4 is 11.9 Å². The molecule has 128 valence electrons. The number of aliphatic carboxylic acids is 1. The molecule has 1 aromatic heterocycles. The largest absolute Gasteiger partial charge is 0.482 e. The summed E-state index contributed by atoms with van der Waals surface area (Å²) in [6, 6.07) is 7.32. The maximum atomic E-state index is 13.4. The lowest BCUT2D eigenvalue weighted by Gasteiger charge is -2.18. The molecule has 0 bridgehead atoms. The van der Waals surface area contributed by atoms with Gasteiger partial charge in [0.1, 0.15) is 6.61 Å². The van der Waals surface area contributed by atoms with E-state index in [4.69, 9.17) is 14.4 Å². The van der Waals surface area contributed by atoms with E-state index in [9.17, 15) is 14.0 Å². The number of para-hydroxylation sites is 1. The average molecular weight is 336 g/mol. The summed E-state index contributed by atoms with van der Waals surface area (Å²) >= 11 is 0. The van der Waals surface area contributed by atoms with Crippen LogP contribution in [0.15, 0.2) is 34.9 Å². The minimum absolute atomic E-state index is 0.0503. The first-order valence-corrected chi connectivity index (χ1v) is 7.35. The number of hydrogen-bond donors (Lipinski definition) is 1. The number of nitrogens with zero attached hydrogens (tertiary/aromatic N) is 2. The van der Waals surface area contributed by atoms with Gasteiger partial charge >= 0.3 is 5.97 Å². The molecule has 1 heterocycles. The molecule has 7 nitrogen and oxygen atoms in total. The van der Waals surface area contributed by atoms with Crippen molar-refractivity contribution in [2.45, 2.75) is 20.0 Å². The van der Waals surface area contributed by atoms with E-state index >= 15 is 0 Å². The lowest BCUT2D eigenvalue weighted by molar-refractivity contribution is -0.137. The van der Waals surface area contributed by atoms with Crippen molar-refractivity contribution in [3.8, 4) is 5.75 Å². The van der Waals surface area contributed by atoms with Crippen molar-refractivity contribution in [3.63, 3.8) is 0 Å². The van der Waals surface area contributed by atoms with Gasteiger partial charge in [-0.3, -0.25) is 9.59 Å². The van der Waals surface area contributed by atoms with Gasteiger partial charge in [0, 0.05) is 19.2 Å². The second-order valence-corrected chi connectivity index (χ2v) is 4.93. The highest BCUT2D eigenvalue weighted by atomic mass is 19.1. The summed E-state index contributed by atoms with van der Waals surface area (Å²) in [6.07, 6.45) is -0.152. The number of carboxylic acids is 1. The second kappa shape index (κ2) is 8.09. The Kier molecular flexibility index (Phi) is 5.89. The van der Waals surface area contributed by atoms with E-state index in [1.165, 1.54) is 23.1 Å². The fourth-order valence-electron chi connectivity index (χ4n) is 1.99. The topological polar surface area (TPSA) is 92.9 Å². The van der Waals surface area contributed by atoms with Gasteiger partial charge in [0.05, 0.1) is 6.42 Å². The molecule has 0 atom stereocenters. The van der Waals surface area contributed by atoms with E-state index in [0.717, 1.165) is 0 Å². The van der Waals surface area contributed by atoms with E-state index in [1.54, 1.807) is 19.1 Å². The third-order valence-corrected chi connectivity index (χ3v) is 3.25.